The van der Waals surface area contributed by atoms with Crippen LogP contribution < -0.4 is 5.32 Å². The van der Waals surface area contributed by atoms with E-state index in [0.717, 1.165) is 23.4 Å². The third kappa shape index (κ3) is 4.45. The van der Waals surface area contributed by atoms with Gasteiger partial charge in [-0.1, -0.05) is 17.7 Å². The molecule has 0 aliphatic heterocycles. The molecule has 2 aromatic carbocycles. The van der Waals surface area contributed by atoms with Gasteiger partial charge >= 0.3 is 0 Å². The van der Waals surface area contributed by atoms with Crippen molar-refractivity contribution in [2.24, 2.45) is 4.99 Å². The Balaban J connectivity index is 2.29. The molecule has 0 aliphatic carbocycles. The van der Waals surface area contributed by atoms with Gasteiger partial charge in [-0.05, 0) is 56.2 Å². The van der Waals surface area contributed by atoms with E-state index in [-0.39, 0.29) is 5.82 Å². The second-order valence-electron chi connectivity index (χ2n) is 5.52. The van der Waals surface area contributed by atoms with E-state index in [4.69, 9.17) is 11.6 Å². The van der Waals surface area contributed by atoms with Crippen LogP contribution in [0, 0.1) is 19.7 Å². The zero-order valence-electron chi connectivity index (χ0n) is 13.8. The molecule has 5 heteroatoms. The zero-order chi connectivity index (χ0) is 17.0. The highest BCUT2D eigenvalue weighted by atomic mass is 35.5. The normalized spacial score (nSPS) is 11.0. The topological polar surface area (TPSA) is 27.6 Å². The maximum Gasteiger partial charge on any atom is 0.150 e. The van der Waals surface area contributed by atoms with E-state index >= 15 is 0 Å². The van der Waals surface area contributed by atoms with E-state index in [9.17, 15) is 4.39 Å². The van der Waals surface area contributed by atoms with Gasteiger partial charge in [-0.15, -0.1) is 0 Å². The third-order valence-electron chi connectivity index (χ3n) is 3.66. The second kappa shape index (κ2) is 7.47. The van der Waals surface area contributed by atoms with Crippen molar-refractivity contribution in [2.45, 2.75) is 20.8 Å². The average molecular weight is 334 g/mol. The molecule has 0 fully saturated rings. The molecular weight excluding hydrogens is 313 g/mol. The number of benzene rings is 2. The van der Waals surface area contributed by atoms with Gasteiger partial charge in [0.25, 0.3) is 0 Å². The minimum Gasteiger partial charge on any atom is -0.366 e. The average Bonchev–Trinajstić information content (AvgIpc) is 2.52. The summed E-state index contributed by atoms with van der Waals surface area (Å²) < 4.78 is 14.3. The molecule has 3 nitrogen and oxygen atoms in total. The van der Waals surface area contributed by atoms with Crippen LogP contribution in [0.2, 0.25) is 5.02 Å². The quantitative estimate of drug-likeness (QED) is 0.582. The summed E-state index contributed by atoms with van der Waals surface area (Å²) in [6, 6.07) is 8.79. The molecule has 23 heavy (non-hydrogen) atoms. The standard InChI is InChI=1S/C18H21ClFN3/c1-5-23(4)11-21-18-8-13(3)17(10-15(18)20)22-16-9-14(19)7-6-12(16)2/h6-11,22H,5H2,1-4H3. The van der Waals surface area contributed by atoms with Crippen LogP contribution in [0.25, 0.3) is 0 Å². The zero-order valence-corrected chi connectivity index (χ0v) is 14.6. The van der Waals surface area contributed by atoms with Gasteiger partial charge in [-0.3, -0.25) is 0 Å². The Kier molecular flexibility index (Phi) is 5.61. The lowest BCUT2D eigenvalue weighted by Gasteiger charge is -2.14. The molecule has 122 valence electrons. The fourth-order valence-corrected chi connectivity index (χ4v) is 2.19. The first-order valence-electron chi connectivity index (χ1n) is 7.48. The molecule has 0 saturated heterocycles. The molecule has 0 bridgehead atoms. The van der Waals surface area contributed by atoms with Crippen LogP contribution in [0.1, 0.15) is 18.1 Å². The van der Waals surface area contributed by atoms with Gasteiger partial charge in [0.05, 0.1) is 6.34 Å². The van der Waals surface area contributed by atoms with Crippen molar-refractivity contribution < 1.29 is 4.39 Å². The van der Waals surface area contributed by atoms with Crippen molar-refractivity contribution in [3.8, 4) is 0 Å². The lowest BCUT2D eigenvalue weighted by Crippen LogP contribution is -2.14. The van der Waals surface area contributed by atoms with E-state index in [1.807, 2.05) is 50.9 Å². The van der Waals surface area contributed by atoms with E-state index < -0.39 is 0 Å². The highest BCUT2D eigenvalue weighted by Gasteiger charge is 2.08. The maximum absolute atomic E-state index is 14.3. The van der Waals surface area contributed by atoms with Gasteiger partial charge in [0.15, 0.2) is 5.82 Å². The number of hydrogen-bond donors (Lipinski definition) is 1. The van der Waals surface area contributed by atoms with Gasteiger partial charge < -0.3 is 10.2 Å². The maximum atomic E-state index is 14.3. The van der Waals surface area contributed by atoms with Crippen molar-refractivity contribution >= 4 is 35.0 Å². The van der Waals surface area contributed by atoms with Gasteiger partial charge in [0.1, 0.15) is 5.69 Å². The van der Waals surface area contributed by atoms with Gasteiger partial charge in [-0.25, -0.2) is 9.38 Å². The van der Waals surface area contributed by atoms with E-state index in [2.05, 4.69) is 10.3 Å². The monoisotopic (exact) mass is 333 g/mol. The molecule has 0 unspecified atom stereocenters. The first-order valence-corrected chi connectivity index (χ1v) is 7.86. The first kappa shape index (κ1) is 17.3. The van der Waals surface area contributed by atoms with E-state index in [0.29, 0.717) is 16.4 Å². The van der Waals surface area contributed by atoms with Gasteiger partial charge in [0.2, 0.25) is 0 Å². The minimum absolute atomic E-state index is 0.330. The predicted octanol–water partition coefficient (Wildman–Crippen LogP) is 5.45. The number of hydrogen-bond acceptors (Lipinski definition) is 2. The number of nitrogens with one attached hydrogen (secondary N) is 1. The van der Waals surface area contributed by atoms with Crippen LogP contribution in [-0.4, -0.2) is 24.8 Å². The summed E-state index contributed by atoms with van der Waals surface area (Å²) >= 11 is 6.03. The second-order valence-corrected chi connectivity index (χ2v) is 5.96. The van der Waals surface area contributed by atoms with Crippen LogP contribution in [0.3, 0.4) is 0 Å². The summed E-state index contributed by atoms with van der Waals surface area (Å²) in [7, 11) is 1.89. The van der Waals surface area contributed by atoms with Crippen LogP contribution in [0.15, 0.2) is 35.3 Å². The molecule has 0 spiro atoms. The lowest BCUT2D eigenvalue weighted by molar-refractivity contribution is 0.551. The summed E-state index contributed by atoms with van der Waals surface area (Å²) in [5.74, 6) is -0.362. The Labute approximate surface area is 141 Å². The Hall–Kier alpha value is -2.07. The van der Waals surface area contributed by atoms with Crippen LogP contribution >= 0.6 is 11.6 Å². The van der Waals surface area contributed by atoms with E-state index in [1.54, 1.807) is 12.4 Å². The fraction of sp³-hybridized carbons (Fsp3) is 0.278. The highest BCUT2D eigenvalue weighted by molar-refractivity contribution is 6.30. The largest absolute Gasteiger partial charge is 0.366 e. The Bertz CT molecular complexity index is 728. The summed E-state index contributed by atoms with van der Waals surface area (Å²) in [6.07, 6.45) is 1.63. The smallest absolute Gasteiger partial charge is 0.150 e. The number of anilines is 2. The van der Waals surface area contributed by atoms with Crippen molar-refractivity contribution in [1.29, 1.82) is 0 Å². The van der Waals surface area contributed by atoms with Gasteiger partial charge in [-0.2, -0.15) is 0 Å². The molecule has 0 amide bonds. The highest BCUT2D eigenvalue weighted by Crippen LogP contribution is 2.30. The molecule has 2 rings (SSSR count). The predicted molar refractivity (Wildman–Crippen MR) is 97.1 cm³/mol. The van der Waals surface area contributed by atoms with Crippen molar-refractivity contribution in [2.75, 3.05) is 18.9 Å². The molecule has 0 aromatic heterocycles. The SMILES string of the molecule is CCN(C)C=Nc1cc(C)c(Nc2cc(Cl)ccc2C)cc1F. The van der Waals surface area contributed by atoms with Crippen LogP contribution in [0.5, 0.6) is 0 Å². The molecule has 0 aliphatic rings. The van der Waals surface area contributed by atoms with Crippen LogP contribution in [-0.2, 0) is 0 Å². The summed E-state index contributed by atoms with van der Waals surface area (Å²) in [5, 5.41) is 3.88. The third-order valence-corrected chi connectivity index (χ3v) is 3.89. The number of nitrogens with zero attached hydrogens (tertiary/aromatic N) is 2. The number of halogens is 2. The van der Waals surface area contributed by atoms with Crippen LogP contribution in [0.4, 0.5) is 21.5 Å². The molecule has 1 N–H and O–H groups in total. The molecule has 0 heterocycles. The van der Waals surface area contributed by atoms with Crippen molar-refractivity contribution in [3.05, 3.63) is 52.3 Å². The Morgan fingerprint density at radius 2 is 1.87 bits per heavy atom. The number of aliphatic imine (C=N–C) groups is 1. The molecule has 0 saturated carbocycles. The molecular formula is C18H21ClFN3. The summed E-state index contributed by atoms with van der Waals surface area (Å²) in [5.41, 5.74) is 3.85. The van der Waals surface area contributed by atoms with E-state index in [1.165, 1.54) is 6.07 Å². The van der Waals surface area contributed by atoms with Crippen molar-refractivity contribution in [3.63, 3.8) is 0 Å². The Morgan fingerprint density at radius 3 is 2.57 bits per heavy atom. The van der Waals surface area contributed by atoms with Crippen molar-refractivity contribution in [1.82, 2.24) is 4.90 Å². The first-order chi connectivity index (χ1) is 10.9. The minimum atomic E-state index is -0.362. The lowest BCUT2D eigenvalue weighted by atomic mass is 10.1. The number of rotatable bonds is 5. The molecule has 0 atom stereocenters. The Morgan fingerprint density at radius 1 is 1.17 bits per heavy atom. The molecule has 0 radical (unpaired) electrons. The summed E-state index contributed by atoms with van der Waals surface area (Å²) in [4.78, 5) is 6.08. The molecule has 2 aromatic rings. The van der Waals surface area contributed by atoms with Gasteiger partial charge in [0, 0.05) is 30.0 Å². The fourth-order valence-electron chi connectivity index (χ4n) is 2.02. The number of aryl methyl sites for hydroxylation is 2. The summed E-state index contributed by atoms with van der Waals surface area (Å²) in [6.45, 7) is 6.72.